The van der Waals surface area contributed by atoms with Crippen LogP contribution >= 0.6 is 23.2 Å². The zero-order chi connectivity index (χ0) is 11.5. The van der Waals surface area contributed by atoms with E-state index in [9.17, 15) is 4.79 Å². The second-order valence-corrected chi connectivity index (χ2v) is 3.91. The lowest BCUT2D eigenvalue weighted by atomic mass is 10.1. The highest BCUT2D eigenvalue weighted by Gasteiger charge is 2.10. The second kappa shape index (κ2) is 4.60. The maximum atomic E-state index is 10.8. The average Bonchev–Trinajstić information content (AvgIpc) is 2.32. The number of carbonyl (C=O) groups is 1. The quantitative estimate of drug-likeness (QED) is 0.771. The smallest absolute Gasteiger partial charge is 0.153 e. The minimum absolute atomic E-state index is 0.381. The molecule has 0 radical (unpaired) electrons. The van der Waals surface area contributed by atoms with E-state index in [-0.39, 0.29) is 0 Å². The Balaban J connectivity index is 2.66. The first-order valence-electron chi connectivity index (χ1n) is 4.43. The van der Waals surface area contributed by atoms with E-state index < -0.39 is 0 Å². The lowest BCUT2D eigenvalue weighted by Crippen LogP contribution is -1.93. The van der Waals surface area contributed by atoms with Crippen molar-refractivity contribution in [2.45, 2.75) is 0 Å². The maximum absolute atomic E-state index is 10.8. The number of nitrogens with zero attached hydrogens (tertiary/aromatic N) is 2. The lowest BCUT2D eigenvalue weighted by Gasteiger charge is -2.05. The molecule has 0 atom stereocenters. The van der Waals surface area contributed by atoms with E-state index in [2.05, 4.69) is 9.97 Å². The van der Waals surface area contributed by atoms with Crippen molar-refractivity contribution in [3.8, 4) is 11.3 Å². The Hall–Kier alpha value is -1.45. The van der Waals surface area contributed by atoms with Gasteiger partial charge in [0.2, 0.25) is 0 Å². The summed E-state index contributed by atoms with van der Waals surface area (Å²) in [5.74, 6) is 0. The fourth-order valence-electron chi connectivity index (χ4n) is 1.33. The molecular weight excluding hydrogens is 247 g/mol. The highest BCUT2D eigenvalue weighted by atomic mass is 35.5. The van der Waals surface area contributed by atoms with E-state index in [1.54, 1.807) is 18.2 Å². The van der Waals surface area contributed by atoms with Crippen molar-refractivity contribution < 1.29 is 4.79 Å². The number of benzene rings is 1. The van der Waals surface area contributed by atoms with Crippen molar-refractivity contribution in [1.82, 2.24) is 9.97 Å². The molecule has 0 saturated heterocycles. The summed E-state index contributed by atoms with van der Waals surface area (Å²) in [5.41, 5.74) is 1.49. The van der Waals surface area contributed by atoms with E-state index in [0.29, 0.717) is 33.2 Å². The van der Waals surface area contributed by atoms with Crippen LogP contribution in [0.1, 0.15) is 10.4 Å². The molecule has 0 aliphatic carbocycles. The molecule has 1 heterocycles. The summed E-state index contributed by atoms with van der Waals surface area (Å²) in [5, 5.41) is 1.03. The molecule has 16 heavy (non-hydrogen) atoms. The van der Waals surface area contributed by atoms with Crippen LogP contribution in [0.2, 0.25) is 10.0 Å². The predicted molar refractivity (Wildman–Crippen MR) is 62.9 cm³/mol. The van der Waals surface area contributed by atoms with Crippen LogP contribution in [-0.4, -0.2) is 16.3 Å². The van der Waals surface area contributed by atoms with Crippen molar-refractivity contribution in [2.75, 3.05) is 0 Å². The first kappa shape index (κ1) is 11.0. The number of hydrogen-bond donors (Lipinski definition) is 0. The molecule has 80 valence electrons. The van der Waals surface area contributed by atoms with Crippen molar-refractivity contribution in [3.63, 3.8) is 0 Å². The van der Waals surface area contributed by atoms with Gasteiger partial charge in [-0.25, -0.2) is 9.97 Å². The Bertz CT molecular complexity index is 543. The summed E-state index contributed by atoms with van der Waals surface area (Å²) in [6.45, 7) is 0. The summed E-state index contributed by atoms with van der Waals surface area (Å²) in [6.07, 6.45) is 3.48. The fourth-order valence-corrected chi connectivity index (χ4v) is 1.71. The minimum atomic E-state index is 0.381. The van der Waals surface area contributed by atoms with E-state index in [0.717, 1.165) is 0 Å². The lowest BCUT2D eigenvalue weighted by molar-refractivity contribution is 0.112. The third kappa shape index (κ3) is 2.05. The normalized spacial score (nSPS) is 10.1. The molecule has 3 nitrogen and oxygen atoms in total. The van der Waals surface area contributed by atoms with Crippen LogP contribution in [0, 0.1) is 0 Å². The van der Waals surface area contributed by atoms with Crippen LogP contribution in [0.3, 0.4) is 0 Å². The highest BCUT2D eigenvalue weighted by Crippen LogP contribution is 2.30. The third-order valence-electron chi connectivity index (χ3n) is 2.05. The molecule has 0 bridgehead atoms. The molecule has 0 aliphatic rings. The Morgan fingerprint density at radius 1 is 1.25 bits per heavy atom. The molecule has 0 N–H and O–H groups in total. The Labute approximate surface area is 102 Å². The van der Waals surface area contributed by atoms with E-state index >= 15 is 0 Å². The van der Waals surface area contributed by atoms with Crippen LogP contribution in [-0.2, 0) is 0 Å². The number of hydrogen-bond acceptors (Lipinski definition) is 3. The fraction of sp³-hybridized carbons (Fsp3) is 0. The van der Waals surface area contributed by atoms with Crippen molar-refractivity contribution in [3.05, 3.63) is 46.3 Å². The van der Waals surface area contributed by atoms with Gasteiger partial charge in [0.15, 0.2) is 6.29 Å². The molecule has 0 fully saturated rings. The zero-order valence-electron chi connectivity index (χ0n) is 8.02. The van der Waals surface area contributed by atoms with Crippen LogP contribution in [0.15, 0.2) is 30.7 Å². The number of carbonyl (C=O) groups excluding carboxylic acids is 1. The Kier molecular flexibility index (Phi) is 3.17. The maximum Gasteiger partial charge on any atom is 0.153 e. The molecule has 0 amide bonds. The molecule has 1 aromatic carbocycles. The van der Waals surface area contributed by atoms with Gasteiger partial charge in [-0.05, 0) is 18.2 Å². The monoisotopic (exact) mass is 252 g/mol. The molecule has 0 unspecified atom stereocenters. The van der Waals surface area contributed by atoms with Crippen LogP contribution in [0.5, 0.6) is 0 Å². The zero-order valence-corrected chi connectivity index (χ0v) is 9.53. The molecular formula is C11H6Cl2N2O. The molecule has 5 heteroatoms. The Morgan fingerprint density at radius 3 is 2.81 bits per heavy atom. The first-order chi connectivity index (χ1) is 7.72. The average molecular weight is 253 g/mol. The predicted octanol–water partition coefficient (Wildman–Crippen LogP) is 3.26. The van der Waals surface area contributed by atoms with Crippen molar-refractivity contribution in [2.24, 2.45) is 0 Å². The van der Waals surface area contributed by atoms with Gasteiger partial charge >= 0.3 is 0 Å². The molecule has 0 spiro atoms. The molecule has 0 saturated carbocycles. The number of aldehydes is 1. The van der Waals surface area contributed by atoms with E-state index in [4.69, 9.17) is 23.2 Å². The number of rotatable bonds is 2. The first-order valence-corrected chi connectivity index (χ1v) is 5.18. The summed E-state index contributed by atoms with van der Waals surface area (Å²) in [7, 11) is 0. The standard InChI is InChI=1S/C11H6Cl2N2O/c12-8-1-2-10(13)9(3-8)11-7(5-16)4-14-6-15-11/h1-6H. The van der Waals surface area contributed by atoms with Crippen LogP contribution < -0.4 is 0 Å². The minimum Gasteiger partial charge on any atom is -0.298 e. The topological polar surface area (TPSA) is 42.9 Å². The largest absolute Gasteiger partial charge is 0.298 e. The van der Waals surface area contributed by atoms with Gasteiger partial charge in [-0.1, -0.05) is 23.2 Å². The molecule has 2 rings (SSSR count). The van der Waals surface area contributed by atoms with Crippen LogP contribution in [0.25, 0.3) is 11.3 Å². The Morgan fingerprint density at radius 2 is 2.06 bits per heavy atom. The van der Waals surface area contributed by atoms with Crippen LogP contribution in [0.4, 0.5) is 0 Å². The third-order valence-corrected chi connectivity index (χ3v) is 2.62. The van der Waals surface area contributed by atoms with Gasteiger partial charge in [-0.3, -0.25) is 4.79 Å². The van der Waals surface area contributed by atoms with Gasteiger partial charge in [-0.15, -0.1) is 0 Å². The number of halogens is 2. The molecule has 1 aromatic heterocycles. The van der Waals surface area contributed by atoms with Crippen molar-refractivity contribution >= 4 is 29.5 Å². The number of aromatic nitrogens is 2. The van der Waals surface area contributed by atoms with Gasteiger partial charge < -0.3 is 0 Å². The van der Waals surface area contributed by atoms with Crippen molar-refractivity contribution in [1.29, 1.82) is 0 Å². The SMILES string of the molecule is O=Cc1cncnc1-c1cc(Cl)ccc1Cl. The highest BCUT2D eigenvalue weighted by molar-refractivity contribution is 6.35. The van der Waals surface area contributed by atoms with E-state index in [1.165, 1.54) is 12.5 Å². The van der Waals surface area contributed by atoms with E-state index in [1.807, 2.05) is 0 Å². The molecule has 2 aromatic rings. The van der Waals surface area contributed by atoms with Gasteiger partial charge in [0, 0.05) is 16.8 Å². The molecule has 0 aliphatic heterocycles. The van der Waals surface area contributed by atoms with Gasteiger partial charge in [0.1, 0.15) is 6.33 Å². The summed E-state index contributed by atoms with van der Waals surface area (Å²) in [4.78, 5) is 18.7. The summed E-state index contributed by atoms with van der Waals surface area (Å²) in [6, 6.07) is 5.00. The second-order valence-electron chi connectivity index (χ2n) is 3.07. The summed E-state index contributed by atoms with van der Waals surface area (Å²) < 4.78 is 0. The van der Waals surface area contributed by atoms with Gasteiger partial charge in [-0.2, -0.15) is 0 Å². The van der Waals surface area contributed by atoms with Gasteiger partial charge in [0.25, 0.3) is 0 Å². The van der Waals surface area contributed by atoms with Gasteiger partial charge in [0.05, 0.1) is 16.3 Å². The summed E-state index contributed by atoms with van der Waals surface area (Å²) >= 11 is 11.9.